The number of hydrogen-bond acceptors (Lipinski definition) is 4. The Balaban J connectivity index is 2.78. The van der Waals surface area contributed by atoms with Crippen LogP contribution in [0.15, 0.2) is 0 Å². The van der Waals surface area contributed by atoms with Crippen LogP contribution < -0.4 is 0 Å². The SMILES string of the molecule is CC(=O)OC1C(Cl)CC(O)C1C(=O)O. The lowest BCUT2D eigenvalue weighted by Crippen LogP contribution is -2.35. The number of carboxylic acids is 1. The average molecular weight is 223 g/mol. The van der Waals surface area contributed by atoms with E-state index in [1.807, 2.05) is 0 Å². The van der Waals surface area contributed by atoms with Gasteiger partial charge in [0.05, 0.1) is 11.5 Å². The van der Waals surface area contributed by atoms with Gasteiger partial charge in [-0.2, -0.15) is 0 Å². The highest BCUT2D eigenvalue weighted by Gasteiger charge is 2.48. The Labute approximate surface area is 85.6 Å². The van der Waals surface area contributed by atoms with Gasteiger partial charge < -0.3 is 14.9 Å². The number of halogens is 1. The van der Waals surface area contributed by atoms with Crippen LogP contribution >= 0.6 is 11.6 Å². The molecule has 14 heavy (non-hydrogen) atoms. The monoisotopic (exact) mass is 222 g/mol. The van der Waals surface area contributed by atoms with E-state index in [0.29, 0.717) is 0 Å². The highest BCUT2D eigenvalue weighted by Crippen LogP contribution is 2.33. The van der Waals surface area contributed by atoms with Crippen molar-refractivity contribution in [2.75, 3.05) is 0 Å². The summed E-state index contributed by atoms with van der Waals surface area (Å²) in [5, 5.41) is 17.5. The van der Waals surface area contributed by atoms with Crippen LogP contribution in [0.5, 0.6) is 0 Å². The molecule has 0 heterocycles. The Morgan fingerprint density at radius 2 is 2.07 bits per heavy atom. The van der Waals surface area contributed by atoms with Crippen LogP contribution in [0.4, 0.5) is 0 Å². The number of rotatable bonds is 2. The van der Waals surface area contributed by atoms with Crippen molar-refractivity contribution in [3.63, 3.8) is 0 Å². The molecule has 0 aliphatic heterocycles. The summed E-state index contributed by atoms with van der Waals surface area (Å²) in [7, 11) is 0. The molecule has 4 atom stereocenters. The summed E-state index contributed by atoms with van der Waals surface area (Å²) < 4.78 is 4.76. The summed E-state index contributed by atoms with van der Waals surface area (Å²) in [6.07, 6.45) is -1.88. The van der Waals surface area contributed by atoms with Gasteiger partial charge in [0.2, 0.25) is 0 Å². The highest BCUT2D eigenvalue weighted by molar-refractivity contribution is 6.21. The Morgan fingerprint density at radius 1 is 1.50 bits per heavy atom. The number of carbonyl (C=O) groups excluding carboxylic acids is 1. The zero-order valence-corrected chi connectivity index (χ0v) is 8.27. The number of aliphatic carboxylic acids is 1. The Kier molecular flexibility index (Phi) is 3.34. The lowest BCUT2D eigenvalue weighted by atomic mass is 10.0. The molecule has 0 radical (unpaired) electrons. The maximum Gasteiger partial charge on any atom is 0.312 e. The average Bonchev–Trinajstić information content (AvgIpc) is 2.25. The largest absolute Gasteiger partial charge is 0.481 e. The van der Waals surface area contributed by atoms with Gasteiger partial charge in [-0.15, -0.1) is 11.6 Å². The molecule has 6 heteroatoms. The van der Waals surface area contributed by atoms with E-state index in [9.17, 15) is 14.7 Å². The molecule has 0 bridgehead atoms. The summed E-state index contributed by atoms with van der Waals surface area (Å²) in [4.78, 5) is 21.4. The van der Waals surface area contributed by atoms with Gasteiger partial charge in [0.1, 0.15) is 12.0 Å². The second kappa shape index (κ2) is 4.14. The number of alkyl halides is 1. The molecule has 1 aliphatic rings. The summed E-state index contributed by atoms with van der Waals surface area (Å²) in [6, 6.07) is 0. The van der Waals surface area contributed by atoms with Crippen LogP contribution in [-0.2, 0) is 14.3 Å². The topological polar surface area (TPSA) is 83.8 Å². The number of aliphatic hydroxyl groups excluding tert-OH is 1. The van der Waals surface area contributed by atoms with Crippen molar-refractivity contribution in [3.8, 4) is 0 Å². The molecule has 0 aromatic heterocycles. The van der Waals surface area contributed by atoms with Crippen LogP contribution in [-0.4, -0.2) is 39.7 Å². The molecule has 0 aromatic carbocycles. The third-order valence-corrected chi connectivity index (χ3v) is 2.61. The molecule has 80 valence electrons. The molecule has 5 nitrogen and oxygen atoms in total. The molecule has 2 N–H and O–H groups in total. The predicted molar refractivity (Wildman–Crippen MR) is 46.9 cm³/mol. The van der Waals surface area contributed by atoms with E-state index in [4.69, 9.17) is 21.4 Å². The summed E-state index contributed by atoms with van der Waals surface area (Å²) in [5.41, 5.74) is 0. The fourth-order valence-corrected chi connectivity index (χ4v) is 1.99. The molecule has 4 unspecified atom stereocenters. The van der Waals surface area contributed by atoms with Crippen LogP contribution in [0.3, 0.4) is 0 Å². The third-order valence-electron chi connectivity index (χ3n) is 2.18. The summed E-state index contributed by atoms with van der Waals surface area (Å²) >= 11 is 5.76. The van der Waals surface area contributed by atoms with Gasteiger partial charge in [0, 0.05) is 6.92 Å². The molecule has 1 aliphatic carbocycles. The molecule has 1 saturated carbocycles. The first-order valence-corrected chi connectivity index (χ1v) is 4.59. The molecule has 1 fully saturated rings. The lowest BCUT2D eigenvalue weighted by molar-refractivity contribution is -0.157. The quantitative estimate of drug-likeness (QED) is 0.507. The minimum Gasteiger partial charge on any atom is -0.481 e. The van der Waals surface area contributed by atoms with Crippen LogP contribution in [0.25, 0.3) is 0 Å². The van der Waals surface area contributed by atoms with Gasteiger partial charge in [0.25, 0.3) is 0 Å². The Bertz CT molecular complexity index is 254. The van der Waals surface area contributed by atoms with Gasteiger partial charge in [-0.25, -0.2) is 0 Å². The first kappa shape index (κ1) is 11.3. The molecule has 0 spiro atoms. The van der Waals surface area contributed by atoms with E-state index in [-0.39, 0.29) is 6.42 Å². The van der Waals surface area contributed by atoms with E-state index in [0.717, 1.165) is 0 Å². The lowest BCUT2D eigenvalue weighted by Gasteiger charge is -2.18. The molecular formula is C8H11ClO5. The minimum atomic E-state index is -1.20. The minimum absolute atomic E-state index is 0.121. The van der Waals surface area contributed by atoms with E-state index >= 15 is 0 Å². The van der Waals surface area contributed by atoms with E-state index < -0.39 is 35.4 Å². The maximum atomic E-state index is 10.7. The summed E-state index contributed by atoms with van der Waals surface area (Å²) in [6.45, 7) is 1.17. The van der Waals surface area contributed by atoms with Crippen LogP contribution in [0.2, 0.25) is 0 Å². The third kappa shape index (κ3) is 2.16. The second-order valence-electron chi connectivity index (χ2n) is 3.26. The van der Waals surface area contributed by atoms with Gasteiger partial charge in [0.15, 0.2) is 0 Å². The molecule has 0 saturated heterocycles. The fraction of sp³-hybridized carbons (Fsp3) is 0.750. The van der Waals surface area contributed by atoms with Crippen molar-refractivity contribution in [1.29, 1.82) is 0 Å². The van der Waals surface area contributed by atoms with Gasteiger partial charge >= 0.3 is 11.9 Å². The number of carboxylic acid groups (broad SMARTS) is 1. The zero-order chi connectivity index (χ0) is 10.9. The van der Waals surface area contributed by atoms with Gasteiger partial charge in [-0.1, -0.05) is 0 Å². The van der Waals surface area contributed by atoms with Gasteiger partial charge in [-0.05, 0) is 6.42 Å². The number of ether oxygens (including phenoxy) is 1. The number of esters is 1. The molecule has 0 aromatic rings. The zero-order valence-electron chi connectivity index (χ0n) is 7.51. The van der Waals surface area contributed by atoms with Crippen molar-refractivity contribution in [1.82, 2.24) is 0 Å². The van der Waals surface area contributed by atoms with Crippen molar-refractivity contribution < 1.29 is 24.5 Å². The second-order valence-corrected chi connectivity index (χ2v) is 3.82. The van der Waals surface area contributed by atoms with E-state index in [1.54, 1.807) is 0 Å². The Morgan fingerprint density at radius 3 is 2.50 bits per heavy atom. The highest BCUT2D eigenvalue weighted by atomic mass is 35.5. The van der Waals surface area contributed by atoms with Crippen molar-refractivity contribution in [2.24, 2.45) is 5.92 Å². The van der Waals surface area contributed by atoms with Crippen molar-refractivity contribution >= 4 is 23.5 Å². The van der Waals surface area contributed by atoms with Crippen LogP contribution in [0, 0.1) is 5.92 Å². The molecule has 0 amide bonds. The fourth-order valence-electron chi connectivity index (χ4n) is 1.60. The van der Waals surface area contributed by atoms with E-state index in [1.165, 1.54) is 6.92 Å². The van der Waals surface area contributed by atoms with Crippen molar-refractivity contribution in [3.05, 3.63) is 0 Å². The first-order valence-electron chi connectivity index (χ1n) is 4.15. The first-order chi connectivity index (χ1) is 6.43. The maximum absolute atomic E-state index is 10.7. The number of hydrogen-bond donors (Lipinski definition) is 2. The van der Waals surface area contributed by atoms with Gasteiger partial charge in [-0.3, -0.25) is 9.59 Å². The Hall–Kier alpha value is -0.810. The normalized spacial score (nSPS) is 36.8. The standard InChI is InChI=1S/C8H11ClO5/c1-3(10)14-7-4(9)2-5(11)6(7)8(12)13/h4-7,11H,2H2,1H3,(H,12,13). The molecule has 1 rings (SSSR count). The predicted octanol–water partition coefficient (Wildman–Crippen LogP) is -0.00910. The smallest absolute Gasteiger partial charge is 0.312 e. The number of aliphatic hydroxyl groups is 1. The van der Waals surface area contributed by atoms with Crippen molar-refractivity contribution in [2.45, 2.75) is 30.9 Å². The van der Waals surface area contributed by atoms with Crippen LogP contribution in [0.1, 0.15) is 13.3 Å². The number of carbonyl (C=O) groups is 2. The summed E-state index contributed by atoms with van der Waals surface area (Å²) in [5.74, 6) is -2.92. The molecular weight excluding hydrogens is 212 g/mol. The van der Waals surface area contributed by atoms with E-state index in [2.05, 4.69) is 0 Å².